The Bertz CT molecular complexity index is 1050. The second-order valence-corrected chi connectivity index (χ2v) is 5.71. The van der Waals surface area contributed by atoms with Crippen LogP contribution < -0.4 is 0 Å². The van der Waals surface area contributed by atoms with E-state index in [4.69, 9.17) is 6.85 Å². The number of amides is 1. The first-order valence-corrected chi connectivity index (χ1v) is 7.30. The summed E-state index contributed by atoms with van der Waals surface area (Å²) in [4.78, 5) is 18.4. The molecule has 23 heavy (non-hydrogen) atoms. The smallest absolute Gasteiger partial charge is 0.228 e. The monoisotopic (exact) mass is 312 g/mol. The van der Waals surface area contributed by atoms with Crippen LogP contribution in [0, 0.1) is 13.8 Å². The van der Waals surface area contributed by atoms with Gasteiger partial charge >= 0.3 is 0 Å². The van der Waals surface area contributed by atoms with Crippen molar-refractivity contribution in [3.05, 3.63) is 59.4 Å². The number of imidazole rings is 1. The summed E-state index contributed by atoms with van der Waals surface area (Å²) in [5.41, 5.74) is 2.60. The van der Waals surface area contributed by atoms with Gasteiger partial charge in [-0.1, -0.05) is 35.9 Å². The zero-order chi connectivity index (χ0) is 20.8. The van der Waals surface area contributed by atoms with Crippen LogP contribution in [-0.2, 0) is 11.2 Å². The highest BCUT2D eigenvalue weighted by atomic mass is 16.2. The lowest BCUT2D eigenvalue weighted by Crippen LogP contribution is -2.24. The molecule has 0 aliphatic rings. The van der Waals surface area contributed by atoms with Crippen molar-refractivity contribution in [1.82, 2.24) is 14.3 Å². The first kappa shape index (κ1) is 10.2. The molecule has 118 valence electrons. The van der Waals surface area contributed by atoms with E-state index in [-0.39, 0.29) is 35.8 Å². The third kappa shape index (κ3) is 2.97. The van der Waals surface area contributed by atoms with Gasteiger partial charge in [0, 0.05) is 29.9 Å². The summed E-state index contributed by atoms with van der Waals surface area (Å²) in [7, 11) is 3.25. The standard InChI is InChI=1S/C19H21N3O/c1-13-5-8-15(9-6-13)19-16(11-18(23)21(3)4)22-12-14(2)7-10-17(22)20-19/h5-10,12H,11H2,1-4H3/i2D3,10D,12D. The number of aryl methyl sites for hydroxylation is 2. The normalized spacial score (nSPS) is 14.7. The molecule has 2 heterocycles. The van der Waals surface area contributed by atoms with E-state index < -0.39 is 6.85 Å². The number of fused-ring (bicyclic) bond motifs is 1. The van der Waals surface area contributed by atoms with Gasteiger partial charge in [0.05, 0.1) is 20.6 Å². The Hall–Kier alpha value is -2.62. The van der Waals surface area contributed by atoms with Crippen molar-refractivity contribution in [2.75, 3.05) is 14.1 Å². The average Bonchev–Trinajstić information content (AvgIpc) is 2.98. The molecule has 0 radical (unpaired) electrons. The molecule has 1 aromatic carbocycles. The lowest BCUT2D eigenvalue weighted by molar-refractivity contribution is -0.128. The Labute approximate surface area is 143 Å². The van der Waals surface area contributed by atoms with Gasteiger partial charge in [0.2, 0.25) is 5.91 Å². The SMILES string of the molecule is [2H]c1cc(C([2H])([2H])[2H])c([2H])n2c(CC(=O)N(C)C)c(-c3ccc(C)cc3)nc12. The molecule has 0 bridgehead atoms. The van der Waals surface area contributed by atoms with Crippen LogP contribution in [0.25, 0.3) is 16.9 Å². The second-order valence-electron chi connectivity index (χ2n) is 5.71. The highest BCUT2D eigenvalue weighted by molar-refractivity contribution is 5.81. The maximum atomic E-state index is 12.4. The fraction of sp³-hybridized carbons (Fsp3) is 0.263. The van der Waals surface area contributed by atoms with E-state index in [9.17, 15) is 4.79 Å². The third-order valence-corrected chi connectivity index (χ3v) is 3.69. The molecule has 0 spiro atoms. The number of aromatic nitrogens is 2. The first-order valence-electron chi connectivity index (χ1n) is 9.80. The molecule has 4 nitrogen and oxygen atoms in total. The van der Waals surface area contributed by atoms with Crippen LogP contribution in [0.1, 0.15) is 23.7 Å². The predicted molar refractivity (Wildman–Crippen MR) is 92.5 cm³/mol. The molecule has 0 fully saturated rings. The van der Waals surface area contributed by atoms with E-state index in [1.165, 1.54) is 9.30 Å². The predicted octanol–water partition coefficient (Wildman–Crippen LogP) is 3.25. The average molecular weight is 312 g/mol. The van der Waals surface area contributed by atoms with Crippen molar-refractivity contribution in [2.45, 2.75) is 20.2 Å². The summed E-state index contributed by atoms with van der Waals surface area (Å²) in [5.74, 6) is -0.208. The molecular weight excluding hydrogens is 286 g/mol. The number of hydrogen-bond donors (Lipinski definition) is 0. The quantitative estimate of drug-likeness (QED) is 0.744. The van der Waals surface area contributed by atoms with Gasteiger partial charge in [-0.3, -0.25) is 4.79 Å². The summed E-state index contributed by atoms with van der Waals surface area (Å²) < 4.78 is 41.1. The Morgan fingerprint density at radius 1 is 1.26 bits per heavy atom. The summed E-state index contributed by atoms with van der Waals surface area (Å²) in [5, 5.41) is 0. The lowest BCUT2D eigenvalue weighted by Gasteiger charge is -2.11. The van der Waals surface area contributed by atoms with Crippen LogP contribution in [0.2, 0.25) is 0 Å². The molecule has 3 rings (SSSR count). The molecule has 4 heteroatoms. The molecule has 0 aliphatic carbocycles. The number of nitrogens with zero attached hydrogens (tertiary/aromatic N) is 3. The number of rotatable bonds is 3. The van der Waals surface area contributed by atoms with Crippen LogP contribution in [0.5, 0.6) is 0 Å². The maximum absolute atomic E-state index is 12.4. The Morgan fingerprint density at radius 2 is 2.00 bits per heavy atom. The van der Waals surface area contributed by atoms with Gasteiger partial charge in [-0.15, -0.1) is 0 Å². The van der Waals surface area contributed by atoms with E-state index in [1.807, 2.05) is 31.2 Å². The number of carbonyl (C=O) groups is 1. The number of likely N-dealkylation sites (N-methyl/N-ethyl adjacent to an activating group) is 1. The highest BCUT2D eigenvalue weighted by Gasteiger charge is 2.18. The zero-order valence-electron chi connectivity index (χ0n) is 18.3. The third-order valence-electron chi connectivity index (χ3n) is 3.69. The minimum Gasteiger partial charge on any atom is -0.348 e. The summed E-state index contributed by atoms with van der Waals surface area (Å²) in [6, 6.07) is 8.60. The molecule has 3 aromatic rings. The number of carbonyl (C=O) groups excluding carboxylic acids is 1. The molecule has 0 atom stereocenters. The van der Waals surface area contributed by atoms with Gasteiger partial charge in [-0.2, -0.15) is 0 Å². The number of benzene rings is 1. The van der Waals surface area contributed by atoms with Crippen molar-refractivity contribution in [3.63, 3.8) is 0 Å². The number of hydrogen-bond acceptors (Lipinski definition) is 2. The minimum absolute atomic E-state index is 0.0624. The van der Waals surface area contributed by atoms with Crippen molar-refractivity contribution >= 4 is 11.6 Å². The second kappa shape index (κ2) is 5.88. The molecule has 0 saturated heterocycles. The van der Waals surface area contributed by atoms with E-state index in [0.29, 0.717) is 11.4 Å². The number of pyridine rings is 1. The van der Waals surface area contributed by atoms with Gasteiger partial charge in [0.15, 0.2) is 0 Å². The molecule has 1 amide bonds. The van der Waals surface area contributed by atoms with E-state index in [2.05, 4.69) is 4.98 Å². The Balaban J connectivity index is 2.36. The van der Waals surface area contributed by atoms with Crippen LogP contribution in [0.15, 0.2) is 42.5 Å². The topological polar surface area (TPSA) is 37.6 Å². The van der Waals surface area contributed by atoms with E-state index in [1.54, 1.807) is 14.1 Å². The molecular formula is C19H21N3O. The Kier molecular flexibility index (Phi) is 2.61. The maximum Gasteiger partial charge on any atom is 0.228 e. The first-order chi connectivity index (χ1) is 13.0. The molecule has 0 saturated carbocycles. The van der Waals surface area contributed by atoms with E-state index >= 15 is 0 Å². The van der Waals surface area contributed by atoms with Gasteiger partial charge in [-0.05, 0) is 25.4 Å². The fourth-order valence-corrected chi connectivity index (χ4v) is 2.37. The zero-order valence-corrected chi connectivity index (χ0v) is 13.3. The molecule has 0 unspecified atom stereocenters. The molecule has 0 N–H and O–H groups in total. The van der Waals surface area contributed by atoms with Crippen LogP contribution in [0.3, 0.4) is 0 Å². The molecule has 0 aliphatic heterocycles. The van der Waals surface area contributed by atoms with Gasteiger partial charge in [0.1, 0.15) is 5.65 Å². The van der Waals surface area contributed by atoms with Crippen molar-refractivity contribution in [3.8, 4) is 11.3 Å². The van der Waals surface area contributed by atoms with Gasteiger partial charge in [-0.25, -0.2) is 4.98 Å². The van der Waals surface area contributed by atoms with Gasteiger partial charge < -0.3 is 9.30 Å². The summed E-state index contributed by atoms with van der Waals surface area (Å²) >= 11 is 0. The van der Waals surface area contributed by atoms with Crippen molar-refractivity contribution in [2.24, 2.45) is 0 Å². The van der Waals surface area contributed by atoms with E-state index in [0.717, 1.165) is 17.2 Å². The fourth-order valence-electron chi connectivity index (χ4n) is 2.37. The Morgan fingerprint density at radius 3 is 2.65 bits per heavy atom. The van der Waals surface area contributed by atoms with Crippen LogP contribution >= 0.6 is 0 Å². The van der Waals surface area contributed by atoms with Crippen LogP contribution in [-0.4, -0.2) is 34.3 Å². The highest BCUT2D eigenvalue weighted by Crippen LogP contribution is 2.26. The minimum atomic E-state index is -2.54. The molecule has 2 aromatic heterocycles. The van der Waals surface area contributed by atoms with Gasteiger partial charge in [0.25, 0.3) is 0 Å². The lowest BCUT2D eigenvalue weighted by atomic mass is 10.1. The van der Waals surface area contributed by atoms with Crippen LogP contribution in [0.4, 0.5) is 0 Å². The summed E-state index contributed by atoms with van der Waals surface area (Å²) in [6.07, 6.45) is -0.342. The van der Waals surface area contributed by atoms with Crippen molar-refractivity contribution in [1.29, 1.82) is 0 Å². The largest absolute Gasteiger partial charge is 0.348 e. The van der Waals surface area contributed by atoms with Crippen molar-refractivity contribution < 1.29 is 11.6 Å². The summed E-state index contributed by atoms with van der Waals surface area (Å²) in [6.45, 7) is -0.589.